The van der Waals surface area contributed by atoms with Gasteiger partial charge in [0.2, 0.25) is 0 Å². The molecule has 1 aliphatic heterocycles. The van der Waals surface area contributed by atoms with Crippen LogP contribution in [0, 0.1) is 6.92 Å². The van der Waals surface area contributed by atoms with Crippen molar-refractivity contribution in [2.75, 3.05) is 18.1 Å². The monoisotopic (exact) mass is 313 g/mol. The summed E-state index contributed by atoms with van der Waals surface area (Å²) >= 11 is 0. The Morgan fingerprint density at radius 2 is 2.17 bits per heavy atom. The van der Waals surface area contributed by atoms with Crippen molar-refractivity contribution >= 4 is 5.82 Å². The molecule has 1 aliphatic carbocycles. The van der Waals surface area contributed by atoms with Crippen LogP contribution in [0.3, 0.4) is 0 Å². The number of aromatic nitrogens is 4. The third kappa shape index (κ3) is 3.08. The molecule has 2 fully saturated rings. The Balaban J connectivity index is 1.64. The van der Waals surface area contributed by atoms with E-state index in [0.29, 0.717) is 12.0 Å². The van der Waals surface area contributed by atoms with E-state index in [1.165, 1.54) is 12.8 Å². The Morgan fingerprint density at radius 3 is 2.83 bits per heavy atom. The summed E-state index contributed by atoms with van der Waals surface area (Å²) in [7, 11) is 2.04. The van der Waals surface area contributed by atoms with Gasteiger partial charge in [-0.05, 0) is 26.2 Å². The van der Waals surface area contributed by atoms with Gasteiger partial charge in [-0.15, -0.1) is 0 Å². The van der Waals surface area contributed by atoms with Crippen molar-refractivity contribution in [2.24, 2.45) is 7.05 Å². The molecule has 3 heterocycles. The molecule has 2 aliphatic rings. The molecule has 1 saturated carbocycles. The molecule has 0 amide bonds. The third-order valence-electron chi connectivity index (χ3n) is 4.71. The average molecular weight is 313 g/mol. The lowest BCUT2D eigenvalue weighted by molar-refractivity contribution is 0.193. The summed E-state index contributed by atoms with van der Waals surface area (Å²) in [5.74, 6) is 3.35. The Labute approximate surface area is 136 Å². The summed E-state index contributed by atoms with van der Waals surface area (Å²) in [6.45, 7) is 4.39. The molecular formula is C17H23N5O. The Bertz CT molecular complexity index is 688. The predicted molar refractivity (Wildman–Crippen MR) is 87.4 cm³/mol. The molecule has 122 valence electrons. The van der Waals surface area contributed by atoms with Gasteiger partial charge in [-0.1, -0.05) is 0 Å². The molecule has 0 aromatic carbocycles. The largest absolute Gasteiger partial charge is 0.381 e. The van der Waals surface area contributed by atoms with Crippen LogP contribution in [0.2, 0.25) is 0 Å². The van der Waals surface area contributed by atoms with E-state index in [1.807, 2.05) is 26.4 Å². The van der Waals surface area contributed by atoms with Gasteiger partial charge in [-0.2, -0.15) is 0 Å². The molecule has 0 N–H and O–H groups in total. The quantitative estimate of drug-likeness (QED) is 0.847. The molecule has 4 rings (SSSR count). The van der Waals surface area contributed by atoms with Crippen LogP contribution in [0.1, 0.15) is 42.5 Å². The first-order chi connectivity index (χ1) is 11.2. The molecule has 0 radical (unpaired) electrons. The van der Waals surface area contributed by atoms with Crippen molar-refractivity contribution in [1.82, 2.24) is 19.5 Å². The van der Waals surface area contributed by atoms with Gasteiger partial charge in [0.15, 0.2) is 0 Å². The van der Waals surface area contributed by atoms with Crippen LogP contribution in [0.4, 0.5) is 5.82 Å². The molecular weight excluding hydrogens is 290 g/mol. The van der Waals surface area contributed by atoms with Gasteiger partial charge in [-0.3, -0.25) is 0 Å². The second-order valence-electron chi connectivity index (χ2n) is 6.57. The summed E-state index contributed by atoms with van der Waals surface area (Å²) in [5, 5.41) is 0. The van der Waals surface area contributed by atoms with Gasteiger partial charge in [0, 0.05) is 44.1 Å². The molecule has 1 atom stereocenters. The number of ether oxygens (including phenoxy) is 1. The maximum absolute atomic E-state index is 5.53. The number of imidazole rings is 1. The fraction of sp³-hybridized carbons (Fsp3) is 0.588. The van der Waals surface area contributed by atoms with Gasteiger partial charge >= 0.3 is 0 Å². The highest BCUT2D eigenvalue weighted by molar-refractivity contribution is 5.43. The first-order valence-electron chi connectivity index (χ1n) is 8.37. The van der Waals surface area contributed by atoms with E-state index >= 15 is 0 Å². The molecule has 2 aromatic rings. The summed E-state index contributed by atoms with van der Waals surface area (Å²) < 4.78 is 7.60. The highest BCUT2D eigenvalue weighted by Crippen LogP contribution is 2.33. The molecule has 6 heteroatoms. The Hall–Kier alpha value is -1.95. The minimum absolute atomic E-state index is 0.407. The van der Waals surface area contributed by atoms with Gasteiger partial charge in [0.05, 0.1) is 18.8 Å². The van der Waals surface area contributed by atoms with Crippen LogP contribution in [-0.4, -0.2) is 38.8 Å². The van der Waals surface area contributed by atoms with Crippen LogP contribution >= 0.6 is 0 Å². The predicted octanol–water partition coefficient (Wildman–Crippen LogP) is 2.19. The molecule has 1 saturated heterocycles. The van der Waals surface area contributed by atoms with Crippen LogP contribution in [-0.2, 0) is 18.3 Å². The highest BCUT2D eigenvalue weighted by Gasteiger charge is 2.32. The highest BCUT2D eigenvalue weighted by atomic mass is 16.5. The van der Waals surface area contributed by atoms with E-state index in [9.17, 15) is 0 Å². The lowest BCUT2D eigenvalue weighted by Crippen LogP contribution is -2.28. The second-order valence-corrected chi connectivity index (χ2v) is 6.57. The lowest BCUT2D eigenvalue weighted by Gasteiger charge is -2.24. The number of rotatable bonds is 5. The Morgan fingerprint density at radius 1 is 1.30 bits per heavy atom. The van der Waals surface area contributed by atoms with Crippen molar-refractivity contribution < 1.29 is 4.74 Å². The van der Waals surface area contributed by atoms with Crippen LogP contribution < -0.4 is 4.90 Å². The SMILES string of the molecule is Cc1nc(C2CCOC2)cc(N(Cc2nccn2C)C2CC2)n1. The fourth-order valence-electron chi connectivity index (χ4n) is 3.18. The zero-order valence-electron chi connectivity index (χ0n) is 13.8. The molecule has 0 bridgehead atoms. The summed E-state index contributed by atoms with van der Waals surface area (Å²) in [5.41, 5.74) is 1.12. The van der Waals surface area contributed by atoms with E-state index in [-0.39, 0.29) is 0 Å². The zero-order chi connectivity index (χ0) is 15.8. The molecule has 23 heavy (non-hydrogen) atoms. The summed E-state index contributed by atoms with van der Waals surface area (Å²) in [6.07, 6.45) is 7.36. The smallest absolute Gasteiger partial charge is 0.133 e. The third-order valence-corrected chi connectivity index (χ3v) is 4.71. The summed E-state index contributed by atoms with van der Waals surface area (Å²) in [6, 6.07) is 2.74. The molecule has 0 spiro atoms. The van der Waals surface area contributed by atoms with Gasteiger partial charge < -0.3 is 14.2 Å². The topological polar surface area (TPSA) is 56.1 Å². The average Bonchev–Trinajstić information content (AvgIpc) is 3.06. The second kappa shape index (κ2) is 5.92. The van der Waals surface area contributed by atoms with Gasteiger partial charge in [0.25, 0.3) is 0 Å². The van der Waals surface area contributed by atoms with Crippen molar-refractivity contribution in [3.63, 3.8) is 0 Å². The first-order valence-corrected chi connectivity index (χ1v) is 8.37. The number of aryl methyl sites for hydroxylation is 2. The number of hydrogen-bond donors (Lipinski definition) is 0. The van der Waals surface area contributed by atoms with Crippen molar-refractivity contribution in [3.05, 3.63) is 35.8 Å². The van der Waals surface area contributed by atoms with Crippen molar-refractivity contribution in [3.8, 4) is 0 Å². The fourth-order valence-corrected chi connectivity index (χ4v) is 3.18. The lowest BCUT2D eigenvalue weighted by atomic mass is 10.0. The van der Waals surface area contributed by atoms with E-state index in [4.69, 9.17) is 9.72 Å². The summed E-state index contributed by atoms with van der Waals surface area (Å²) in [4.78, 5) is 16.2. The minimum Gasteiger partial charge on any atom is -0.381 e. The van der Waals surface area contributed by atoms with E-state index in [0.717, 1.165) is 49.3 Å². The van der Waals surface area contributed by atoms with Crippen LogP contribution in [0.25, 0.3) is 0 Å². The maximum atomic E-state index is 5.53. The van der Waals surface area contributed by atoms with Gasteiger partial charge in [0.1, 0.15) is 17.5 Å². The van der Waals surface area contributed by atoms with E-state index in [1.54, 1.807) is 0 Å². The van der Waals surface area contributed by atoms with E-state index in [2.05, 4.69) is 25.5 Å². The molecule has 6 nitrogen and oxygen atoms in total. The standard InChI is InChI=1S/C17H23N5O/c1-12-19-15(13-5-8-23-11-13)9-16(20-12)22(14-3-4-14)10-17-18-6-7-21(17)2/h6-7,9,13-14H,3-5,8,10-11H2,1-2H3. The maximum Gasteiger partial charge on any atom is 0.133 e. The van der Waals surface area contributed by atoms with Gasteiger partial charge in [-0.25, -0.2) is 15.0 Å². The molecule has 2 aromatic heterocycles. The van der Waals surface area contributed by atoms with Crippen LogP contribution in [0.15, 0.2) is 18.5 Å². The normalized spacial score (nSPS) is 20.9. The minimum atomic E-state index is 0.407. The number of hydrogen-bond acceptors (Lipinski definition) is 5. The van der Waals surface area contributed by atoms with Crippen molar-refractivity contribution in [2.45, 2.75) is 44.7 Å². The number of nitrogens with zero attached hydrogens (tertiary/aromatic N) is 5. The van der Waals surface area contributed by atoms with Crippen LogP contribution in [0.5, 0.6) is 0 Å². The first kappa shape index (κ1) is 14.6. The Kier molecular flexibility index (Phi) is 3.77. The van der Waals surface area contributed by atoms with Crippen molar-refractivity contribution in [1.29, 1.82) is 0 Å². The molecule has 1 unspecified atom stereocenters. The zero-order valence-corrected chi connectivity index (χ0v) is 13.8. The van der Waals surface area contributed by atoms with E-state index < -0.39 is 0 Å². The number of anilines is 1.